The first-order chi connectivity index (χ1) is 6.81. The second-order valence-corrected chi connectivity index (χ2v) is 4.08. The molecule has 0 aliphatic rings. The molecule has 3 nitrogen and oxygen atoms in total. The van der Waals surface area contributed by atoms with Crippen LogP contribution in [-0.2, 0) is 4.79 Å². The highest BCUT2D eigenvalue weighted by Crippen LogP contribution is 2.20. The lowest BCUT2D eigenvalue weighted by Gasteiger charge is -2.07. The van der Waals surface area contributed by atoms with Gasteiger partial charge in [0.1, 0.15) is 0 Å². The number of nitrogens with one attached hydrogen (secondary N) is 1. The number of aliphatic hydroxyl groups is 1. The molecule has 0 bridgehead atoms. The molecule has 0 aromatic heterocycles. The molecular weight excluding hydrogens is 231 g/mol. The van der Waals surface area contributed by atoms with Gasteiger partial charge in [-0.15, -0.1) is 11.8 Å². The van der Waals surface area contributed by atoms with E-state index in [0.29, 0.717) is 18.2 Å². The highest BCUT2D eigenvalue weighted by molar-refractivity contribution is 8.00. The van der Waals surface area contributed by atoms with E-state index < -0.39 is 23.9 Å². The van der Waals surface area contributed by atoms with E-state index in [1.54, 1.807) is 6.92 Å². The first kappa shape index (κ1) is 14.6. The predicted octanol–water partition coefficient (Wildman–Crippen LogP) is 1.17. The van der Waals surface area contributed by atoms with Gasteiger partial charge in [0, 0.05) is 6.54 Å². The molecule has 2 N–H and O–H groups in total. The van der Waals surface area contributed by atoms with Gasteiger partial charge in [-0.25, -0.2) is 0 Å². The zero-order chi connectivity index (χ0) is 11.9. The van der Waals surface area contributed by atoms with E-state index in [4.69, 9.17) is 5.11 Å². The molecule has 7 heteroatoms. The molecule has 90 valence electrons. The van der Waals surface area contributed by atoms with Gasteiger partial charge in [0.2, 0.25) is 5.91 Å². The number of halogens is 3. The van der Waals surface area contributed by atoms with Crippen LogP contribution < -0.4 is 5.32 Å². The standard InChI is InChI=1S/C8H14F3NO2S/c1-6(13)2-3-12-7(14)4-15-5-8(9,10)11/h6,13H,2-5H2,1H3,(H,12,14). The molecular formula is C8H14F3NO2S. The molecule has 0 saturated heterocycles. The number of alkyl halides is 3. The zero-order valence-electron chi connectivity index (χ0n) is 8.30. The van der Waals surface area contributed by atoms with E-state index in [0.717, 1.165) is 0 Å². The number of amides is 1. The van der Waals surface area contributed by atoms with E-state index in [9.17, 15) is 18.0 Å². The Labute approximate surface area is 90.4 Å². The van der Waals surface area contributed by atoms with E-state index in [-0.39, 0.29) is 12.3 Å². The van der Waals surface area contributed by atoms with Gasteiger partial charge >= 0.3 is 6.18 Å². The van der Waals surface area contributed by atoms with Crippen molar-refractivity contribution < 1.29 is 23.1 Å². The van der Waals surface area contributed by atoms with Crippen LogP contribution in [0, 0.1) is 0 Å². The van der Waals surface area contributed by atoms with Crippen molar-refractivity contribution in [1.82, 2.24) is 5.32 Å². The molecule has 0 saturated carbocycles. The minimum absolute atomic E-state index is 0.209. The van der Waals surface area contributed by atoms with Crippen molar-refractivity contribution in [3.05, 3.63) is 0 Å². The number of carbonyl (C=O) groups excluding carboxylic acids is 1. The summed E-state index contributed by atoms with van der Waals surface area (Å²) in [6, 6.07) is 0. The summed E-state index contributed by atoms with van der Waals surface area (Å²) in [5, 5.41) is 11.3. The van der Waals surface area contributed by atoms with Gasteiger partial charge in [0.15, 0.2) is 0 Å². The summed E-state index contributed by atoms with van der Waals surface area (Å²) in [7, 11) is 0. The third-order valence-corrected chi connectivity index (χ3v) is 2.38. The fourth-order valence-electron chi connectivity index (χ4n) is 0.731. The molecule has 15 heavy (non-hydrogen) atoms. The molecule has 1 atom stereocenters. The van der Waals surface area contributed by atoms with E-state index >= 15 is 0 Å². The smallest absolute Gasteiger partial charge is 0.393 e. The topological polar surface area (TPSA) is 49.3 Å². The van der Waals surface area contributed by atoms with Gasteiger partial charge in [-0.1, -0.05) is 0 Å². The van der Waals surface area contributed by atoms with Crippen LogP contribution in [0.4, 0.5) is 13.2 Å². The van der Waals surface area contributed by atoms with Gasteiger partial charge in [-0.05, 0) is 13.3 Å². The van der Waals surface area contributed by atoms with Gasteiger partial charge in [0.05, 0.1) is 17.6 Å². The minimum Gasteiger partial charge on any atom is -0.393 e. The number of thioether (sulfide) groups is 1. The molecule has 1 unspecified atom stereocenters. The molecule has 0 spiro atoms. The van der Waals surface area contributed by atoms with Crippen LogP contribution in [0.25, 0.3) is 0 Å². The summed E-state index contributed by atoms with van der Waals surface area (Å²) in [5.41, 5.74) is 0. The number of hydrogen-bond donors (Lipinski definition) is 2. The maximum absolute atomic E-state index is 11.7. The van der Waals surface area contributed by atoms with Gasteiger partial charge in [0.25, 0.3) is 0 Å². The van der Waals surface area contributed by atoms with Crippen molar-refractivity contribution in [2.75, 3.05) is 18.1 Å². The highest BCUT2D eigenvalue weighted by Gasteiger charge is 2.27. The Morgan fingerprint density at radius 1 is 1.53 bits per heavy atom. The maximum Gasteiger partial charge on any atom is 0.397 e. The van der Waals surface area contributed by atoms with E-state index in [2.05, 4.69) is 5.32 Å². The van der Waals surface area contributed by atoms with Crippen LogP contribution in [0.15, 0.2) is 0 Å². The highest BCUT2D eigenvalue weighted by atomic mass is 32.2. The Morgan fingerprint density at radius 3 is 2.60 bits per heavy atom. The lowest BCUT2D eigenvalue weighted by Crippen LogP contribution is -2.28. The lowest BCUT2D eigenvalue weighted by molar-refractivity contribution is -0.118. The molecule has 0 heterocycles. The Kier molecular flexibility index (Phi) is 6.75. The van der Waals surface area contributed by atoms with Gasteiger partial charge in [-0.2, -0.15) is 13.2 Å². The van der Waals surface area contributed by atoms with Crippen LogP contribution >= 0.6 is 11.8 Å². The molecule has 0 aromatic rings. The lowest BCUT2D eigenvalue weighted by atomic mass is 10.3. The maximum atomic E-state index is 11.7. The summed E-state index contributed by atoms with van der Waals surface area (Å²) < 4.78 is 35.0. The minimum atomic E-state index is -4.23. The second kappa shape index (κ2) is 6.95. The third kappa shape index (κ3) is 11.5. The van der Waals surface area contributed by atoms with Crippen molar-refractivity contribution >= 4 is 17.7 Å². The van der Waals surface area contributed by atoms with Crippen molar-refractivity contribution in [2.45, 2.75) is 25.6 Å². The van der Waals surface area contributed by atoms with Crippen LogP contribution in [0.5, 0.6) is 0 Å². The Bertz CT molecular complexity index is 197. The zero-order valence-corrected chi connectivity index (χ0v) is 9.12. The predicted molar refractivity (Wildman–Crippen MR) is 52.7 cm³/mol. The molecule has 0 aromatic carbocycles. The first-order valence-corrected chi connectivity index (χ1v) is 5.56. The first-order valence-electron chi connectivity index (χ1n) is 4.40. The quantitative estimate of drug-likeness (QED) is 0.738. The van der Waals surface area contributed by atoms with E-state index in [1.807, 2.05) is 0 Å². The normalized spacial score (nSPS) is 13.7. The molecule has 0 aliphatic heterocycles. The molecule has 0 aliphatic carbocycles. The fourth-order valence-corrected chi connectivity index (χ4v) is 1.35. The monoisotopic (exact) mass is 245 g/mol. The van der Waals surface area contributed by atoms with Crippen LogP contribution in [0.2, 0.25) is 0 Å². The Morgan fingerprint density at radius 2 is 2.13 bits per heavy atom. The Hall–Kier alpha value is -0.430. The van der Waals surface area contributed by atoms with E-state index in [1.165, 1.54) is 0 Å². The average Bonchev–Trinajstić information content (AvgIpc) is 2.00. The van der Waals surface area contributed by atoms with Crippen molar-refractivity contribution in [1.29, 1.82) is 0 Å². The van der Waals surface area contributed by atoms with Gasteiger partial charge < -0.3 is 10.4 Å². The fraction of sp³-hybridized carbons (Fsp3) is 0.875. The number of rotatable bonds is 6. The summed E-state index contributed by atoms with van der Waals surface area (Å²) in [6.07, 6.45) is -4.35. The summed E-state index contributed by atoms with van der Waals surface area (Å²) in [5.74, 6) is -1.67. The summed E-state index contributed by atoms with van der Waals surface area (Å²) >= 11 is 0.528. The number of aliphatic hydroxyl groups excluding tert-OH is 1. The molecule has 0 radical (unpaired) electrons. The molecule has 0 fully saturated rings. The SMILES string of the molecule is CC(O)CCNC(=O)CSCC(F)(F)F. The number of hydrogen-bond acceptors (Lipinski definition) is 3. The summed E-state index contributed by atoms with van der Waals surface area (Å²) in [4.78, 5) is 10.9. The largest absolute Gasteiger partial charge is 0.397 e. The summed E-state index contributed by atoms with van der Waals surface area (Å²) in [6.45, 7) is 1.85. The second-order valence-electron chi connectivity index (χ2n) is 3.10. The van der Waals surface area contributed by atoms with Crippen LogP contribution in [-0.4, -0.2) is 41.3 Å². The van der Waals surface area contributed by atoms with Crippen LogP contribution in [0.3, 0.4) is 0 Å². The molecule has 0 rings (SSSR count). The van der Waals surface area contributed by atoms with Crippen LogP contribution in [0.1, 0.15) is 13.3 Å². The Balaban J connectivity index is 3.42. The van der Waals surface area contributed by atoms with Crippen molar-refractivity contribution in [3.8, 4) is 0 Å². The van der Waals surface area contributed by atoms with Gasteiger partial charge in [-0.3, -0.25) is 4.79 Å². The number of carbonyl (C=O) groups is 1. The van der Waals surface area contributed by atoms with Crippen molar-refractivity contribution in [3.63, 3.8) is 0 Å². The average molecular weight is 245 g/mol. The third-order valence-electron chi connectivity index (χ3n) is 1.38. The van der Waals surface area contributed by atoms with Crippen molar-refractivity contribution in [2.24, 2.45) is 0 Å². The molecule has 1 amide bonds.